The Bertz CT molecular complexity index is 1110. The molecule has 0 bridgehead atoms. The van der Waals surface area contributed by atoms with Gasteiger partial charge in [-0.1, -0.05) is 49.6 Å². The van der Waals surface area contributed by atoms with Crippen molar-refractivity contribution >= 4 is 12.0 Å². The van der Waals surface area contributed by atoms with Crippen molar-refractivity contribution in [2.75, 3.05) is 13.1 Å². The molecule has 8 nitrogen and oxygen atoms in total. The van der Waals surface area contributed by atoms with Gasteiger partial charge in [-0.15, -0.1) is 0 Å². The highest BCUT2D eigenvalue weighted by Gasteiger charge is 2.38. The van der Waals surface area contributed by atoms with Gasteiger partial charge in [0.05, 0.1) is 5.69 Å². The summed E-state index contributed by atoms with van der Waals surface area (Å²) < 4.78 is 7.38. The minimum atomic E-state index is -0.584. The second kappa shape index (κ2) is 9.91. The van der Waals surface area contributed by atoms with E-state index in [1.807, 2.05) is 69.5 Å². The lowest BCUT2D eigenvalue weighted by molar-refractivity contribution is -0.00798. The summed E-state index contributed by atoms with van der Waals surface area (Å²) in [5.74, 6) is -0.210. The van der Waals surface area contributed by atoms with Crippen LogP contribution in [0.15, 0.2) is 35.1 Å². The third-order valence-electron chi connectivity index (χ3n) is 7.00. The molecule has 1 aliphatic heterocycles. The fourth-order valence-corrected chi connectivity index (χ4v) is 5.30. The molecule has 1 N–H and O–H groups in total. The molecule has 4 rings (SSSR count). The van der Waals surface area contributed by atoms with E-state index in [-0.39, 0.29) is 35.8 Å². The summed E-state index contributed by atoms with van der Waals surface area (Å²) in [6.07, 6.45) is 4.85. The van der Waals surface area contributed by atoms with Gasteiger partial charge in [0.1, 0.15) is 11.3 Å². The predicted octanol–water partition coefficient (Wildman–Crippen LogP) is 4.82. The number of hydrogen-bond acceptors (Lipinski definition) is 4. The zero-order chi connectivity index (χ0) is 25.3. The van der Waals surface area contributed by atoms with Crippen LogP contribution in [-0.4, -0.2) is 62.1 Å². The number of aromatic amines is 1. The van der Waals surface area contributed by atoms with Crippen molar-refractivity contribution in [3.8, 4) is 11.3 Å². The molecular weight excluding hydrogens is 444 g/mol. The summed E-state index contributed by atoms with van der Waals surface area (Å²) in [5.41, 5.74) is 1.04. The van der Waals surface area contributed by atoms with Gasteiger partial charge in [-0.25, -0.2) is 9.59 Å². The van der Waals surface area contributed by atoms with Gasteiger partial charge >= 0.3 is 11.8 Å². The Morgan fingerprint density at radius 3 is 2.17 bits per heavy atom. The van der Waals surface area contributed by atoms with Crippen LogP contribution in [0.4, 0.5) is 4.79 Å². The molecule has 8 heteroatoms. The normalized spacial score (nSPS) is 21.7. The number of imidazole rings is 1. The number of carbonyl (C=O) groups is 2. The molecule has 2 unspecified atom stereocenters. The third kappa shape index (κ3) is 5.31. The van der Waals surface area contributed by atoms with Crippen LogP contribution in [0.25, 0.3) is 11.3 Å². The van der Waals surface area contributed by atoms with Crippen LogP contribution in [0.3, 0.4) is 0 Å². The van der Waals surface area contributed by atoms with Crippen LogP contribution < -0.4 is 5.69 Å². The number of nitrogens with zero attached hydrogens (tertiary/aromatic N) is 3. The van der Waals surface area contributed by atoms with Gasteiger partial charge in [0.15, 0.2) is 0 Å². The number of amides is 2. The first-order valence-corrected chi connectivity index (χ1v) is 12.8. The van der Waals surface area contributed by atoms with Gasteiger partial charge in [-0.05, 0) is 47.5 Å². The topological polar surface area (TPSA) is 87.6 Å². The number of H-pyrrole nitrogens is 1. The van der Waals surface area contributed by atoms with Crippen molar-refractivity contribution in [1.82, 2.24) is 19.4 Å². The van der Waals surface area contributed by atoms with Crippen LogP contribution in [0.2, 0.25) is 0 Å². The third-order valence-corrected chi connectivity index (χ3v) is 7.00. The van der Waals surface area contributed by atoms with E-state index in [9.17, 15) is 14.4 Å². The molecular formula is C27H38N4O4. The van der Waals surface area contributed by atoms with Crippen LogP contribution in [0, 0.1) is 0 Å². The average Bonchev–Trinajstić information content (AvgIpc) is 3.16. The lowest BCUT2D eigenvalue weighted by atomic mass is 9.94. The number of carbonyl (C=O) groups excluding carboxylic acids is 2. The largest absolute Gasteiger partial charge is 0.444 e. The van der Waals surface area contributed by atoms with E-state index in [2.05, 4.69) is 4.98 Å². The molecule has 1 saturated heterocycles. The molecule has 2 atom stereocenters. The number of aromatic nitrogens is 2. The zero-order valence-electron chi connectivity index (χ0n) is 21.5. The molecule has 1 aromatic heterocycles. The lowest BCUT2D eigenvalue weighted by Crippen LogP contribution is -2.60. The van der Waals surface area contributed by atoms with E-state index < -0.39 is 5.60 Å². The molecule has 2 aliphatic rings. The fourth-order valence-electron chi connectivity index (χ4n) is 5.30. The molecule has 190 valence electrons. The first-order chi connectivity index (χ1) is 16.6. The molecule has 2 aromatic rings. The van der Waals surface area contributed by atoms with Crippen molar-refractivity contribution < 1.29 is 14.3 Å². The molecule has 1 aromatic carbocycles. The standard InChI is InChI=1S/C27H38N4O4/c1-18-17-30(26(34)35-27(3,4)5)19(2)16-29(18)24(32)22-23(20-12-8-6-9-13-20)31(25(33)28-22)21-14-10-7-11-15-21/h6,8-9,12-13,18-19,21H,7,10-11,14-17H2,1-5H3,(H,28,33). The minimum absolute atomic E-state index is 0.0876. The summed E-state index contributed by atoms with van der Waals surface area (Å²) in [5, 5.41) is 0. The molecule has 2 amide bonds. The molecule has 0 spiro atoms. The van der Waals surface area contributed by atoms with E-state index in [1.54, 1.807) is 9.80 Å². The van der Waals surface area contributed by atoms with Crippen LogP contribution in [-0.2, 0) is 4.74 Å². The summed E-state index contributed by atoms with van der Waals surface area (Å²) in [7, 11) is 0. The zero-order valence-corrected chi connectivity index (χ0v) is 21.5. The number of hydrogen-bond donors (Lipinski definition) is 1. The Hall–Kier alpha value is -3.03. The smallest absolute Gasteiger partial charge is 0.410 e. The first kappa shape index (κ1) is 25.1. The van der Waals surface area contributed by atoms with Gasteiger partial charge in [-0.2, -0.15) is 0 Å². The number of benzene rings is 1. The number of ether oxygens (including phenoxy) is 1. The van der Waals surface area contributed by atoms with Gasteiger partial charge < -0.3 is 19.5 Å². The highest BCUT2D eigenvalue weighted by molar-refractivity contribution is 5.98. The Morgan fingerprint density at radius 2 is 1.54 bits per heavy atom. The monoisotopic (exact) mass is 482 g/mol. The first-order valence-electron chi connectivity index (χ1n) is 12.8. The number of rotatable bonds is 3. The summed E-state index contributed by atoms with van der Waals surface area (Å²) in [4.78, 5) is 46.2. The maximum atomic E-state index is 13.9. The van der Waals surface area contributed by atoms with Crippen molar-refractivity contribution in [3.63, 3.8) is 0 Å². The fraction of sp³-hybridized carbons (Fsp3) is 0.593. The van der Waals surface area contributed by atoms with Gasteiger partial charge in [-0.3, -0.25) is 9.36 Å². The van der Waals surface area contributed by atoms with E-state index in [0.717, 1.165) is 31.2 Å². The average molecular weight is 483 g/mol. The van der Waals surface area contributed by atoms with Crippen molar-refractivity contribution in [1.29, 1.82) is 0 Å². The lowest BCUT2D eigenvalue weighted by Gasteiger charge is -2.44. The Kier molecular flexibility index (Phi) is 7.10. The van der Waals surface area contributed by atoms with E-state index >= 15 is 0 Å². The van der Waals surface area contributed by atoms with Gasteiger partial charge in [0, 0.05) is 36.8 Å². The van der Waals surface area contributed by atoms with E-state index in [1.165, 1.54) is 6.42 Å². The molecule has 35 heavy (non-hydrogen) atoms. The molecule has 2 heterocycles. The molecule has 1 aliphatic carbocycles. The summed E-state index contributed by atoms with van der Waals surface area (Å²) in [6, 6.07) is 9.34. The second-order valence-electron chi connectivity index (χ2n) is 11.0. The van der Waals surface area contributed by atoms with Crippen LogP contribution in [0.5, 0.6) is 0 Å². The van der Waals surface area contributed by atoms with Crippen LogP contribution >= 0.6 is 0 Å². The molecule has 0 radical (unpaired) electrons. The predicted molar refractivity (Wildman–Crippen MR) is 136 cm³/mol. The van der Waals surface area contributed by atoms with E-state index in [4.69, 9.17) is 4.74 Å². The summed E-state index contributed by atoms with van der Waals surface area (Å²) >= 11 is 0. The highest BCUT2D eigenvalue weighted by atomic mass is 16.6. The summed E-state index contributed by atoms with van der Waals surface area (Å²) in [6.45, 7) is 10.1. The molecule has 2 fully saturated rings. The molecule has 1 saturated carbocycles. The second-order valence-corrected chi connectivity index (χ2v) is 11.0. The van der Waals surface area contributed by atoms with Gasteiger partial charge in [0.2, 0.25) is 0 Å². The Balaban J connectivity index is 1.66. The van der Waals surface area contributed by atoms with Crippen molar-refractivity contribution in [2.45, 2.75) is 90.4 Å². The van der Waals surface area contributed by atoms with Crippen molar-refractivity contribution in [3.05, 3.63) is 46.5 Å². The number of nitrogens with one attached hydrogen (secondary N) is 1. The van der Waals surface area contributed by atoms with Crippen molar-refractivity contribution in [2.24, 2.45) is 0 Å². The van der Waals surface area contributed by atoms with Gasteiger partial charge in [0.25, 0.3) is 5.91 Å². The number of piperazine rings is 1. The minimum Gasteiger partial charge on any atom is -0.444 e. The van der Waals surface area contributed by atoms with Crippen LogP contribution in [0.1, 0.15) is 83.3 Å². The quantitative estimate of drug-likeness (QED) is 0.680. The highest BCUT2D eigenvalue weighted by Crippen LogP contribution is 2.33. The van der Waals surface area contributed by atoms with E-state index in [0.29, 0.717) is 24.5 Å². The Labute approximate surface area is 207 Å². The maximum absolute atomic E-state index is 13.9. The Morgan fingerprint density at radius 1 is 0.943 bits per heavy atom. The SMILES string of the molecule is CC1CN(C(=O)c2[nH]c(=O)n(C3CCCCC3)c2-c2ccccc2)C(C)CN1C(=O)OC(C)(C)C. The maximum Gasteiger partial charge on any atom is 0.410 e.